The first-order valence-electron chi connectivity index (χ1n) is 6.56. The Morgan fingerprint density at radius 1 is 1.33 bits per heavy atom. The van der Waals surface area contributed by atoms with Gasteiger partial charge in [0.2, 0.25) is 0 Å². The van der Waals surface area contributed by atoms with E-state index < -0.39 is 0 Å². The lowest BCUT2D eigenvalue weighted by atomic mass is 10.0. The second-order valence-electron chi connectivity index (χ2n) is 5.71. The van der Waals surface area contributed by atoms with Crippen LogP contribution in [0.4, 0.5) is 4.39 Å². The molecule has 0 saturated heterocycles. The van der Waals surface area contributed by atoms with Gasteiger partial charge in [-0.25, -0.2) is 4.39 Å². The Hall–Kier alpha value is -0.930. The quantitative estimate of drug-likeness (QED) is 0.837. The molecular weight excluding hydrogens is 229 g/mol. The first-order valence-corrected chi connectivity index (χ1v) is 6.56. The minimum absolute atomic E-state index is 0.173. The van der Waals surface area contributed by atoms with Gasteiger partial charge in [-0.2, -0.15) is 0 Å². The Balaban J connectivity index is 2.02. The van der Waals surface area contributed by atoms with Crippen molar-refractivity contribution in [3.05, 3.63) is 35.6 Å². The molecule has 0 amide bonds. The highest BCUT2D eigenvalue weighted by Crippen LogP contribution is 2.41. The van der Waals surface area contributed by atoms with Gasteiger partial charge in [0, 0.05) is 19.7 Å². The molecule has 1 aliphatic carbocycles. The smallest absolute Gasteiger partial charge is 0.123 e. The molecule has 0 radical (unpaired) electrons. The average molecular weight is 251 g/mol. The van der Waals surface area contributed by atoms with Gasteiger partial charge in [-0.3, -0.25) is 0 Å². The molecule has 2 nitrogen and oxygen atoms in total. The summed E-state index contributed by atoms with van der Waals surface area (Å²) in [7, 11) is 1.73. The molecule has 2 rings (SSSR count). The van der Waals surface area contributed by atoms with Gasteiger partial charge in [-0.1, -0.05) is 12.1 Å². The van der Waals surface area contributed by atoms with Crippen LogP contribution in [0.15, 0.2) is 24.3 Å². The molecule has 1 N–H and O–H groups in total. The molecule has 1 aromatic carbocycles. The summed E-state index contributed by atoms with van der Waals surface area (Å²) in [5.74, 6) is 0.508. The standard InChI is InChI=1S/C15H22FNO/c1-15(2,18-3)10-17-14(11-4-5-11)12-6-8-13(16)9-7-12/h6-9,11,14,17H,4-5,10H2,1-3H3. The molecule has 0 aromatic heterocycles. The summed E-state index contributed by atoms with van der Waals surface area (Å²) in [5, 5.41) is 3.56. The summed E-state index contributed by atoms with van der Waals surface area (Å²) < 4.78 is 18.4. The van der Waals surface area contributed by atoms with Crippen molar-refractivity contribution < 1.29 is 9.13 Å². The van der Waals surface area contributed by atoms with Gasteiger partial charge in [0.15, 0.2) is 0 Å². The third kappa shape index (κ3) is 3.53. The number of hydrogen-bond donors (Lipinski definition) is 1. The third-order valence-corrected chi connectivity index (χ3v) is 3.62. The summed E-state index contributed by atoms with van der Waals surface area (Å²) in [6.07, 6.45) is 2.50. The Labute approximate surface area is 109 Å². The second-order valence-corrected chi connectivity index (χ2v) is 5.71. The van der Waals surface area contributed by atoms with Crippen LogP contribution in [0.1, 0.15) is 38.3 Å². The molecule has 1 unspecified atom stereocenters. The van der Waals surface area contributed by atoms with Crippen molar-refractivity contribution in [2.24, 2.45) is 5.92 Å². The molecule has 1 aliphatic rings. The van der Waals surface area contributed by atoms with E-state index in [0.717, 1.165) is 6.54 Å². The summed E-state index contributed by atoms with van der Waals surface area (Å²) in [6.45, 7) is 4.92. The van der Waals surface area contributed by atoms with Crippen molar-refractivity contribution in [2.45, 2.75) is 38.3 Å². The van der Waals surface area contributed by atoms with Crippen LogP contribution in [0.5, 0.6) is 0 Å². The van der Waals surface area contributed by atoms with E-state index in [4.69, 9.17) is 4.74 Å². The van der Waals surface area contributed by atoms with Crippen molar-refractivity contribution in [3.63, 3.8) is 0 Å². The summed E-state index contributed by atoms with van der Waals surface area (Å²) in [4.78, 5) is 0. The van der Waals surface area contributed by atoms with Crippen molar-refractivity contribution in [1.29, 1.82) is 0 Å². The lowest BCUT2D eigenvalue weighted by Crippen LogP contribution is -2.39. The lowest BCUT2D eigenvalue weighted by Gasteiger charge is -2.27. The average Bonchev–Trinajstić information content (AvgIpc) is 3.16. The SMILES string of the molecule is COC(C)(C)CNC(c1ccc(F)cc1)C1CC1. The van der Waals surface area contributed by atoms with Crippen LogP contribution in [-0.2, 0) is 4.74 Å². The Kier molecular flexibility index (Phi) is 4.03. The molecule has 3 heteroatoms. The van der Waals surface area contributed by atoms with E-state index in [1.165, 1.54) is 30.5 Å². The number of hydrogen-bond acceptors (Lipinski definition) is 2. The highest BCUT2D eigenvalue weighted by atomic mass is 19.1. The van der Waals surface area contributed by atoms with Crippen molar-refractivity contribution in [3.8, 4) is 0 Å². The summed E-state index contributed by atoms with van der Waals surface area (Å²) in [6, 6.07) is 7.15. The van der Waals surface area contributed by atoms with Gasteiger partial charge in [0.05, 0.1) is 5.60 Å². The summed E-state index contributed by atoms with van der Waals surface area (Å²) >= 11 is 0. The molecule has 1 aromatic rings. The summed E-state index contributed by atoms with van der Waals surface area (Å²) in [5.41, 5.74) is 0.999. The van der Waals surface area contributed by atoms with E-state index >= 15 is 0 Å². The van der Waals surface area contributed by atoms with E-state index in [9.17, 15) is 4.39 Å². The minimum Gasteiger partial charge on any atom is -0.377 e. The Bertz CT molecular complexity index is 384. The third-order valence-electron chi connectivity index (χ3n) is 3.62. The van der Waals surface area contributed by atoms with Crippen LogP contribution in [-0.4, -0.2) is 19.3 Å². The zero-order valence-electron chi connectivity index (χ0n) is 11.4. The molecule has 100 valence electrons. The van der Waals surface area contributed by atoms with Gasteiger partial charge in [-0.05, 0) is 50.3 Å². The highest BCUT2D eigenvalue weighted by Gasteiger charge is 2.33. The van der Waals surface area contributed by atoms with Crippen LogP contribution < -0.4 is 5.32 Å². The molecule has 0 heterocycles. The molecule has 1 saturated carbocycles. The molecular formula is C15H22FNO. The zero-order chi connectivity index (χ0) is 13.2. The maximum absolute atomic E-state index is 13.0. The molecule has 1 fully saturated rings. The van der Waals surface area contributed by atoms with Crippen molar-refractivity contribution >= 4 is 0 Å². The van der Waals surface area contributed by atoms with E-state index in [2.05, 4.69) is 19.2 Å². The number of nitrogens with one attached hydrogen (secondary N) is 1. The Morgan fingerprint density at radius 3 is 2.44 bits per heavy atom. The van der Waals surface area contributed by atoms with Gasteiger partial charge in [-0.15, -0.1) is 0 Å². The monoisotopic (exact) mass is 251 g/mol. The minimum atomic E-state index is -0.175. The number of benzene rings is 1. The number of halogens is 1. The van der Waals surface area contributed by atoms with Gasteiger partial charge in [0.25, 0.3) is 0 Å². The highest BCUT2D eigenvalue weighted by molar-refractivity contribution is 5.22. The van der Waals surface area contributed by atoms with E-state index in [1.807, 2.05) is 12.1 Å². The largest absolute Gasteiger partial charge is 0.377 e. The maximum atomic E-state index is 13.0. The number of ether oxygens (including phenoxy) is 1. The fraction of sp³-hybridized carbons (Fsp3) is 0.600. The van der Waals surface area contributed by atoms with Gasteiger partial charge >= 0.3 is 0 Å². The number of methoxy groups -OCH3 is 1. The van der Waals surface area contributed by atoms with Gasteiger partial charge in [0.1, 0.15) is 5.82 Å². The van der Waals surface area contributed by atoms with Crippen LogP contribution in [0.25, 0.3) is 0 Å². The molecule has 0 bridgehead atoms. The molecule has 1 atom stereocenters. The predicted octanol–water partition coefficient (Wildman–Crippen LogP) is 3.29. The van der Waals surface area contributed by atoms with E-state index in [0.29, 0.717) is 12.0 Å². The first kappa shape index (κ1) is 13.5. The second kappa shape index (κ2) is 5.37. The fourth-order valence-electron chi connectivity index (χ4n) is 2.08. The first-order chi connectivity index (χ1) is 8.52. The fourth-order valence-corrected chi connectivity index (χ4v) is 2.08. The Morgan fingerprint density at radius 2 is 1.94 bits per heavy atom. The van der Waals surface area contributed by atoms with Crippen LogP contribution >= 0.6 is 0 Å². The lowest BCUT2D eigenvalue weighted by molar-refractivity contribution is 0.0204. The van der Waals surface area contributed by atoms with Crippen LogP contribution in [0, 0.1) is 11.7 Å². The van der Waals surface area contributed by atoms with Crippen molar-refractivity contribution in [2.75, 3.05) is 13.7 Å². The molecule has 18 heavy (non-hydrogen) atoms. The van der Waals surface area contributed by atoms with Crippen LogP contribution in [0.3, 0.4) is 0 Å². The van der Waals surface area contributed by atoms with Crippen molar-refractivity contribution in [1.82, 2.24) is 5.32 Å². The molecule has 0 aliphatic heterocycles. The molecule has 0 spiro atoms. The predicted molar refractivity (Wildman–Crippen MR) is 71.0 cm³/mol. The normalized spacial score (nSPS) is 17.8. The van der Waals surface area contributed by atoms with Crippen LogP contribution in [0.2, 0.25) is 0 Å². The van der Waals surface area contributed by atoms with E-state index in [-0.39, 0.29) is 11.4 Å². The topological polar surface area (TPSA) is 21.3 Å². The van der Waals surface area contributed by atoms with E-state index in [1.54, 1.807) is 7.11 Å². The maximum Gasteiger partial charge on any atom is 0.123 e. The zero-order valence-corrected chi connectivity index (χ0v) is 11.4. The number of rotatable bonds is 6. The van der Waals surface area contributed by atoms with Gasteiger partial charge < -0.3 is 10.1 Å².